The number of rotatable bonds is 3. The van der Waals surface area contributed by atoms with E-state index in [4.69, 9.17) is 0 Å². The van der Waals surface area contributed by atoms with Crippen molar-refractivity contribution in [2.24, 2.45) is 0 Å². The molecule has 7 heteroatoms. The molecule has 0 aliphatic carbocycles. The Morgan fingerprint density at radius 1 is 1.08 bits per heavy atom. The summed E-state index contributed by atoms with van der Waals surface area (Å²) in [5.74, 6) is 0.220. The number of aromatic nitrogens is 3. The molecule has 24 heavy (non-hydrogen) atoms. The second kappa shape index (κ2) is 6.11. The fraction of sp³-hybridized carbons (Fsp3) is 0.176. The van der Waals surface area contributed by atoms with Gasteiger partial charge in [0.1, 0.15) is 5.82 Å². The van der Waals surface area contributed by atoms with Gasteiger partial charge in [-0.3, -0.25) is 9.59 Å². The predicted molar refractivity (Wildman–Crippen MR) is 91.2 cm³/mol. The number of carbonyl (C=O) groups is 2. The Morgan fingerprint density at radius 3 is 2.62 bits per heavy atom. The van der Waals surface area contributed by atoms with Crippen LogP contribution in [0.4, 0.5) is 11.4 Å². The third-order valence-electron chi connectivity index (χ3n) is 3.43. The lowest BCUT2D eigenvalue weighted by atomic mass is 10.2. The molecule has 3 aromatic rings. The highest BCUT2D eigenvalue weighted by Gasteiger charge is 2.10. The Labute approximate surface area is 138 Å². The lowest BCUT2D eigenvalue weighted by Crippen LogP contribution is -2.13. The van der Waals surface area contributed by atoms with Gasteiger partial charge in [0.2, 0.25) is 5.91 Å². The molecule has 0 aliphatic heterocycles. The Hall–Kier alpha value is -3.22. The van der Waals surface area contributed by atoms with Crippen LogP contribution in [0, 0.1) is 13.8 Å². The van der Waals surface area contributed by atoms with Crippen molar-refractivity contribution in [2.45, 2.75) is 20.8 Å². The number of nitrogens with one attached hydrogen (secondary N) is 2. The summed E-state index contributed by atoms with van der Waals surface area (Å²) in [7, 11) is 0. The maximum absolute atomic E-state index is 12.4. The van der Waals surface area contributed by atoms with E-state index < -0.39 is 0 Å². The molecule has 2 N–H and O–H groups in total. The average molecular weight is 323 g/mol. The average Bonchev–Trinajstić information content (AvgIpc) is 2.88. The molecule has 2 heterocycles. The molecule has 0 aliphatic rings. The molecule has 0 fully saturated rings. The molecule has 2 aromatic heterocycles. The maximum atomic E-state index is 12.4. The first-order chi connectivity index (χ1) is 11.4. The zero-order chi connectivity index (χ0) is 17.3. The normalized spacial score (nSPS) is 10.6. The lowest BCUT2D eigenvalue weighted by Gasteiger charge is -2.08. The summed E-state index contributed by atoms with van der Waals surface area (Å²) in [4.78, 5) is 27.9. The minimum atomic E-state index is -0.266. The summed E-state index contributed by atoms with van der Waals surface area (Å²) in [6, 6.07) is 8.61. The number of carbonyl (C=O) groups excluding carboxylic acids is 2. The van der Waals surface area contributed by atoms with Crippen molar-refractivity contribution in [1.29, 1.82) is 0 Å². The molecular formula is C17H17N5O2. The third kappa shape index (κ3) is 3.24. The molecule has 3 rings (SSSR count). The van der Waals surface area contributed by atoms with Crippen molar-refractivity contribution in [3.63, 3.8) is 0 Å². The minimum absolute atomic E-state index is 0.185. The number of pyridine rings is 1. The maximum Gasteiger partial charge on any atom is 0.255 e. The van der Waals surface area contributed by atoms with E-state index in [0.29, 0.717) is 22.8 Å². The van der Waals surface area contributed by atoms with Gasteiger partial charge in [0, 0.05) is 18.2 Å². The molecule has 122 valence electrons. The van der Waals surface area contributed by atoms with E-state index in [1.54, 1.807) is 35.0 Å². The summed E-state index contributed by atoms with van der Waals surface area (Å²) in [6.45, 7) is 5.15. The molecule has 0 saturated carbocycles. The van der Waals surface area contributed by atoms with Crippen molar-refractivity contribution >= 4 is 28.8 Å². The van der Waals surface area contributed by atoms with Crippen LogP contribution in [0.15, 0.2) is 36.5 Å². The summed E-state index contributed by atoms with van der Waals surface area (Å²) in [5, 5.41) is 9.77. The molecule has 7 nitrogen and oxygen atoms in total. The van der Waals surface area contributed by atoms with Crippen LogP contribution in [0.5, 0.6) is 0 Å². The smallest absolute Gasteiger partial charge is 0.255 e. The number of hydrogen-bond acceptors (Lipinski definition) is 4. The Morgan fingerprint density at radius 2 is 1.88 bits per heavy atom. The SMILES string of the molecule is CC(=O)Nc1cccc(C(=O)Nc2cc(C)c3nc(C)nn3c2)c1. The molecule has 0 bridgehead atoms. The van der Waals surface area contributed by atoms with Crippen molar-refractivity contribution in [1.82, 2.24) is 14.6 Å². The first kappa shape index (κ1) is 15.7. The van der Waals surface area contributed by atoms with Crippen LogP contribution in [0.2, 0.25) is 0 Å². The van der Waals surface area contributed by atoms with Gasteiger partial charge in [-0.05, 0) is 43.7 Å². The number of fused-ring (bicyclic) bond motifs is 1. The van der Waals surface area contributed by atoms with Crippen molar-refractivity contribution in [2.75, 3.05) is 10.6 Å². The van der Waals surface area contributed by atoms with Crippen molar-refractivity contribution < 1.29 is 9.59 Å². The highest BCUT2D eigenvalue weighted by atomic mass is 16.2. The van der Waals surface area contributed by atoms with Crippen LogP contribution < -0.4 is 10.6 Å². The first-order valence-corrected chi connectivity index (χ1v) is 7.45. The summed E-state index contributed by atoms with van der Waals surface area (Å²) >= 11 is 0. The van der Waals surface area contributed by atoms with Gasteiger partial charge >= 0.3 is 0 Å². The van der Waals surface area contributed by atoms with E-state index in [0.717, 1.165) is 11.2 Å². The number of aryl methyl sites for hydroxylation is 2. The Bertz CT molecular complexity index is 945. The highest BCUT2D eigenvalue weighted by Crippen LogP contribution is 2.17. The number of benzene rings is 1. The fourth-order valence-electron chi connectivity index (χ4n) is 2.47. The number of nitrogens with zero attached hydrogens (tertiary/aromatic N) is 3. The van der Waals surface area contributed by atoms with Crippen LogP contribution in [-0.4, -0.2) is 26.4 Å². The number of hydrogen-bond donors (Lipinski definition) is 2. The van der Waals surface area contributed by atoms with Gasteiger partial charge in [0.25, 0.3) is 5.91 Å². The molecule has 0 saturated heterocycles. The second-order valence-electron chi connectivity index (χ2n) is 5.56. The predicted octanol–water partition coefficient (Wildman–Crippen LogP) is 2.56. The van der Waals surface area contributed by atoms with E-state index in [9.17, 15) is 9.59 Å². The summed E-state index contributed by atoms with van der Waals surface area (Å²) in [5.41, 5.74) is 3.33. The number of anilines is 2. The molecule has 0 spiro atoms. The van der Waals surface area contributed by atoms with Crippen LogP contribution >= 0.6 is 0 Å². The van der Waals surface area contributed by atoms with Crippen LogP contribution in [0.25, 0.3) is 5.65 Å². The van der Waals surface area contributed by atoms with Gasteiger partial charge in [-0.1, -0.05) is 6.07 Å². The lowest BCUT2D eigenvalue weighted by molar-refractivity contribution is -0.114. The quantitative estimate of drug-likeness (QED) is 0.775. The van der Waals surface area contributed by atoms with Gasteiger partial charge in [0.05, 0.1) is 11.9 Å². The Balaban J connectivity index is 1.85. The fourth-order valence-corrected chi connectivity index (χ4v) is 2.47. The highest BCUT2D eigenvalue weighted by molar-refractivity contribution is 6.05. The molecular weight excluding hydrogens is 306 g/mol. The van der Waals surface area contributed by atoms with Crippen LogP contribution in [0.3, 0.4) is 0 Å². The van der Waals surface area contributed by atoms with Gasteiger partial charge in [-0.2, -0.15) is 5.10 Å². The first-order valence-electron chi connectivity index (χ1n) is 7.45. The Kier molecular flexibility index (Phi) is 3.99. The van der Waals surface area contributed by atoms with Crippen LogP contribution in [0.1, 0.15) is 28.7 Å². The molecule has 0 atom stereocenters. The zero-order valence-electron chi connectivity index (χ0n) is 13.6. The van der Waals surface area contributed by atoms with Gasteiger partial charge < -0.3 is 10.6 Å². The molecule has 2 amide bonds. The van der Waals surface area contributed by atoms with Crippen LogP contribution in [-0.2, 0) is 4.79 Å². The van der Waals surface area contributed by atoms with Crippen molar-refractivity contribution in [3.8, 4) is 0 Å². The summed E-state index contributed by atoms with van der Waals surface area (Å²) in [6.07, 6.45) is 1.72. The van der Waals surface area contributed by atoms with Gasteiger partial charge in [-0.15, -0.1) is 0 Å². The second-order valence-corrected chi connectivity index (χ2v) is 5.56. The van der Waals surface area contributed by atoms with E-state index in [1.807, 2.05) is 19.9 Å². The van der Waals surface area contributed by atoms with Crippen molar-refractivity contribution in [3.05, 3.63) is 53.5 Å². The third-order valence-corrected chi connectivity index (χ3v) is 3.43. The summed E-state index contributed by atoms with van der Waals surface area (Å²) < 4.78 is 1.65. The topological polar surface area (TPSA) is 88.4 Å². The van der Waals surface area contributed by atoms with E-state index >= 15 is 0 Å². The standard InChI is InChI=1S/C17H17N5O2/c1-10-7-15(9-22-16(10)18-11(2)21-22)20-17(24)13-5-4-6-14(8-13)19-12(3)23/h4-9H,1-3H3,(H,19,23)(H,20,24). The van der Waals surface area contributed by atoms with E-state index in [1.165, 1.54) is 6.92 Å². The van der Waals surface area contributed by atoms with E-state index in [-0.39, 0.29) is 11.8 Å². The van der Waals surface area contributed by atoms with Gasteiger partial charge in [0.15, 0.2) is 5.65 Å². The molecule has 0 radical (unpaired) electrons. The largest absolute Gasteiger partial charge is 0.326 e. The van der Waals surface area contributed by atoms with Gasteiger partial charge in [-0.25, -0.2) is 9.50 Å². The zero-order valence-corrected chi connectivity index (χ0v) is 13.6. The minimum Gasteiger partial charge on any atom is -0.326 e. The molecule has 1 aromatic carbocycles. The van der Waals surface area contributed by atoms with E-state index in [2.05, 4.69) is 20.7 Å². The monoisotopic (exact) mass is 323 g/mol. The number of amides is 2. The molecule has 0 unspecified atom stereocenters.